The van der Waals surface area contributed by atoms with Crippen LogP contribution in [0, 0.1) is 3.57 Å². The molecule has 1 aliphatic rings. The van der Waals surface area contributed by atoms with Crippen molar-refractivity contribution >= 4 is 62.3 Å². The number of hydrogen-bond acceptors (Lipinski definition) is 5. The van der Waals surface area contributed by atoms with Gasteiger partial charge in [0, 0.05) is 12.1 Å². The van der Waals surface area contributed by atoms with Crippen LogP contribution in [-0.2, 0) is 11.4 Å². The van der Waals surface area contributed by atoms with E-state index in [4.69, 9.17) is 9.47 Å². The smallest absolute Gasteiger partial charge is 0.266 e. The lowest BCUT2D eigenvalue weighted by molar-refractivity contribution is -0.123. The monoisotopic (exact) mass is 600 g/mol. The van der Waals surface area contributed by atoms with Crippen molar-refractivity contribution in [1.29, 1.82) is 0 Å². The molecule has 0 aromatic heterocycles. The molecule has 0 atom stereocenters. The van der Waals surface area contributed by atoms with Gasteiger partial charge in [0.15, 0.2) is 16.7 Å². The van der Waals surface area contributed by atoms with Crippen molar-refractivity contribution in [2.24, 2.45) is 4.99 Å². The van der Waals surface area contributed by atoms with Crippen LogP contribution in [0.25, 0.3) is 16.8 Å². The van der Waals surface area contributed by atoms with Gasteiger partial charge in [-0.05, 0) is 108 Å². The number of fused-ring (bicyclic) bond motifs is 1. The largest absolute Gasteiger partial charge is 0.493 e. The van der Waals surface area contributed by atoms with Gasteiger partial charge in [-0.2, -0.15) is 0 Å². The molecule has 35 heavy (non-hydrogen) atoms. The number of amidine groups is 1. The molecule has 7 heteroatoms. The number of benzene rings is 3. The molecule has 0 saturated carbocycles. The van der Waals surface area contributed by atoms with E-state index in [0.29, 0.717) is 23.0 Å². The predicted octanol–water partition coefficient (Wildman–Crippen LogP) is 7.12. The summed E-state index contributed by atoms with van der Waals surface area (Å²) >= 11 is 3.68. The molecule has 0 aliphatic carbocycles. The second-order valence-corrected chi connectivity index (χ2v) is 11.1. The number of halogens is 1. The fraction of sp³-hybridized carbons (Fsp3) is 0.286. The predicted molar refractivity (Wildman–Crippen MR) is 154 cm³/mol. The molecule has 4 rings (SSSR count). The molecule has 0 bridgehead atoms. The number of thioether (sulfide) groups is 1. The number of carbonyl (C=O) groups is 1. The summed E-state index contributed by atoms with van der Waals surface area (Å²) in [4.78, 5) is 20.2. The van der Waals surface area contributed by atoms with E-state index in [1.807, 2.05) is 58.0 Å². The number of aliphatic imine (C=N–C) groups is 1. The molecule has 5 nitrogen and oxygen atoms in total. The van der Waals surface area contributed by atoms with Crippen molar-refractivity contribution < 1.29 is 14.3 Å². The van der Waals surface area contributed by atoms with Gasteiger partial charge in [-0.25, -0.2) is 0 Å². The van der Waals surface area contributed by atoms with Gasteiger partial charge in [0.05, 0.1) is 15.6 Å². The molecule has 3 aromatic carbocycles. The minimum atomic E-state index is -0.0185. The standard InChI is InChI=1S/C28H29IN2O3S/c1-17(2)30-28-31(18(3)4)27(32)25(35-28)15-20-13-23(29)26(24(14-20)33-5)34-16-19-10-11-21-8-6-7-9-22(21)12-19/h6-15,17-18H,16H2,1-5H3/b25-15+,30-28?. The van der Waals surface area contributed by atoms with Gasteiger partial charge in [0.1, 0.15) is 6.61 Å². The fourth-order valence-corrected chi connectivity index (χ4v) is 5.87. The third-order valence-electron chi connectivity index (χ3n) is 5.47. The molecular formula is C28H29IN2O3S. The normalized spacial score (nSPS) is 16.3. The van der Waals surface area contributed by atoms with Crippen LogP contribution < -0.4 is 9.47 Å². The molecule has 0 spiro atoms. The van der Waals surface area contributed by atoms with Crippen LogP contribution in [0.1, 0.15) is 38.8 Å². The summed E-state index contributed by atoms with van der Waals surface area (Å²) in [5.41, 5.74) is 1.97. The maximum atomic E-state index is 13.1. The van der Waals surface area contributed by atoms with Crippen LogP contribution >= 0.6 is 34.4 Å². The third-order valence-corrected chi connectivity index (χ3v) is 7.27. The lowest BCUT2D eigenvalue weighted by Gasteiger charge is -2.20. The first-order valence-electron chi connectivity index (χ1n) is 11.6. The molecule has 182 valence electrons. The number of nitrogens with zero attached hydrogens (tertiary/aromatic N) is 2. The summed E-state index contributed by atoms with van der Waals surface area (Å²) in [6.45, 7) is 8.48. The van der Waals surface area contributed by atoms with Crippen molar-refractivity contribution in [3.8, 4) is 11.5 Å². The first-order valence-corrected chi connectivity index (χ1v) is 13.4. The lowest BCUT2D eigenvalue weighted by Crippen LogP contribution is -2.35. The van der Waals surface area contributed by atoms with E-state index < -0.39 is 0 Å². The maximum Gasteiger partial charge on any atom is 0.266 e. The van der Waals surface area contributed by atoms with Crippen LogP contribution in [0.15, 0.2) is 64.5 Å². The highest BCUT2D eigenvalue weighted by Crippen LogP contribution is 2.38. The molecule has 1 aliphatic heterocycles. The van der Waals surface area contributed by atoms with Crippen LogP contribution in [0.5, 0.6) is 11.5 Å². The zero-order chi connectivity index (χ0) is 25.1. The summed E-state index contributed by atoms with van der Waals surface area (Å²) < 4.78 is 12.8. The molecule has 3 aromatic rings. The van der Waals surface area contributed by atoms with Crippen molar-refractivity contribution in [1.82, 2.24) is 4.90 Å². The van der Waals surface area contributed by atoms with Gasteiger partial charge in [-0.1, -0.05) is 36.4 Å². The van der Waals surface area contributed by atoms with Gasteiger partial charge in [-0.3, -0.25) is 14.7 Å². The molecule has 0 unspecified atom stereocenters. The molecule has 0 radical (unpaired) electrons. The van der Waals surface area contributed by atoms with Crippen LogP contribution in [0.3, 0.4) is 0 Å². The Balaban J connectivity index is 1.58. The van der Waals surface area contributed by atoms with Crippen molar-refractivity contribution in [3.05, 3.63) is 74.2 Å². The van der Waals surface area contributed by atoms with Crippen LogP contribution in [-0.4, -0.2) is 35.2 Å². The summed E-state index contributed by atoms with van der Waals surface area (Å²) in [6.07, 6.45) is 1.91. The van der Waals surface area contributed by atoms with E-state index in [1.165, 1.54) is 22.5 Å². The topological polar surface area (TPSA) is 51.1 Å². The average molecular weight is 601 g/mol. The summed E-state index contributed by atoms with van der Waals surface area (Å²) in [6, 6.07) is 18.7. The maximum absolute atomic E-state index is 13.1. The number of carbonyl (C=O) groups excluding carboxylic acids is 1. The number of rotatable bonds is 7. The zero-order valence-electron chi connectivity index (χ0n) is 20.5. The van der Waals surface area contributed by atoms with E-state index in [9.17, 15) is 4.79 Å². The fourth-order valence-electron chi connectivity index (χ4n) is 3.85. The highest BCUT2D eigenvalue weighted by atomic mass is 127. The third kappa shape index (κ3) is 5.83. The quantitative estimate of drug-likeness (QED) is 0.214. The van der Waals surface area contributed by atoms with Gasteiger partial charge >= 0.3 is 0 Å². The number of ether oxygens (including phenoxy) is 2. The first-order chi connectivity index (χ1) is 16.8. The number of methoxy groups -OCH3 is 1. The second-order valence-electron chi connectivity index (χ2n) is 8.89. The van der Waals surface area contributed by atoms with Crippen LogP contribution in [0.2, 0.25) is 0 Å². The molecule has 1 heterocycles. The first kappa shape index (κ1) is 25.6. The molecule has 1 fully saturated rings. The molecule has 1 saturated heterocycles. The summed E-state index contributed by atoms with van der Waals surface area (Å²) in [5, 5.41) is 3.15. The SMILES string of the molecule is COc1cc(/C=C2/SC(=NC(C)C)N(C(C)C)C2=O)cc(I)c1OCc1ccc2ccccc2c1. The van der Waals surface area contributed by atoms with Crippen molar-refractivity contribution in [2.45, 2.75) is 46.4 Å². The Morgan fingerprint density at radius 1 is 1.06 bits per heavy atom. The Kier molecular flexibility index (Phi) is 8.06. The Bertz CT molecular complexity index is 1320. The van der Waals surface area contributed by atoms with E-state index in [0.717, 1.165) is 19.9 Å². The highest BCUT2D eigenvalue weighted by molar-refractivity contribution is 14.1. The molecule has 0 N–H and O–H groups in total. The molecular weight excluding hydrogens is 571 g/mol. The number of amides is 1. The van der Waals surface area contributed by atoms with Gasteiger partial charge < -0.3 is 9.47 Å². The van der Waals surface area contributed by atoms with E-state index >= 15 is 0 Å². The van der Waals surface area contributed by atoms with Gasteiger partial charge in [0.25, 0.3) is 5.91 Å². The zero-order valence-corrected chi connectivity index (χ0v) is 23.5. The van der Waals surface area contributed by atoms with Gasteiger partial charge in [0.2, 0.25) is 0 Å². The Labute approximate surface area is 224 Å². The summed E-state index contributed by atoms with van der Waals surface area (Å²) in [5.74, 6) is 1.31. The number of hydrogen-bond donors (Lipinski definition) is 0. The molecule has 1 amide bonds. The Hall–Kier alpha value is -2.52. The van der Waals surface area contributed by atoms with Crippen molar-refractivity contribution in [3.63, 3.8) is 0 Å². The summed E-state index contributed by atoms with van der Waals surface area (Å²) in [7, 11) is 1.63. The highest BCUT2D eigenvalue weighted by Gasteiger charge is 2.35. The van der Waals surface area contributed by atoms with Gasteiger partial charge in [-0.15, -0.1) is 0 Å². The second kappa shape index (κ2) is 11.0. The van der Waals surface area contributed by atoms with Crippen LogP contribution in [0.4, 0.5) is 0 Å². The minimum absolute atomic E-state index is 0.0185. The van der Waals surface area contributed by atoms with Crippen molar-refractivity contribution in [2.75, 3.05) is 7.11 Å². The van der Waals surface area contributed by atoms with E-state index in [1.54, 1.807) is 12.0 Å². The van der Waals surface area contributed by atoms with E-state index in [-0.39, 0.29) is 18.0 Å². The van der Waals surface area contributed by atoms with E-state index in [2.05, 4.69) is 57.9 Å². The Morgan fingerprint density at radius 3 is 2.49 bits per heavy atom. The minimum Gasteiger partial charge on any atom is -0.493 e. The Morgan fingerprint density at radius 2 is 1.80 bits per heavy atom. The lowest BCUT2D eigenvalue weighted by atomic mass is 10.1. The average Bonchev–Trinajstić information content (AvgIpc) is 3.11.